The Balaban J connectivity index is 2.14. The standard InChI is InChI=1S/C17H33NO3/c1-4-6-7-8-9-14(3)21-13-12-16(17(19)20-5-2)18-15-10-11-15/h14-16,18H,4-13H2,1-3H3. The number of hydrogen-bond donors (Lipinski definition) is 1. The van der Waals surface area contributed by atoms with Crippen LogP contribution in [-0.4, -0.2) is 37.4 Å². The maximum atomic E-state index is 11.9. The summed E-state index contributed by atoms with van der Waals surface area (Å²) in [6, 6.07) is 0.301. The second-order valence-electron chi connectivity index (χ2n) is 6.06. The van der Waals surface area contributed by atoms with E-state index in [9.17, 15) is 4.79 Å². The van der Waals surface area contributed by atoms with Gasteiger partial charge in [0.1, 0.15) is 6.04 Å². The van der Waals surface area contributed by atoms with Crippen LogP contribution in [0.15, 0.2) is 0 Å². The summed E-state index contributed by atoms with van der Waals surface area (Å²) in [5, 5.41) is 3.35. The van der Waals surface area contributed by atoms with E-state index in [0.717, 1.165) is 6.42 Å². The predicted octanol–water partition coefficient (Wildman–Crippen LogP) is 3.44. The first-order valence-electron chi connectivity index (χ1n) is 8.71. The average Bonchev–Trinajstić information content (AvgIpc) is 3.27. The van der Waals surface area contributed by atoms with Gasteiger partial charge in [0.25, 0.3) is 0 Å². The number of rotatable bonds is 13. The molecule has 4 heteroatoms. The highest BCUT2D eigenvalue weighted by Gasteiger charge is 2.29. The van der Waals surface area contributed by atoms with Crippen molar-refractivity contribution in [1.82, 2.24) is 5.32 Å². The van der Waals surface area contributed by atoms with Gasteiger partial charge in [0.15, 0.2) is 0 Å². The van der Waals surface area contributed by atoms with Crippen molar-refractivity contribution < 1.29 is 14.3 Å². The molecular weight excluding hydrogens is 266 g/mol. The lowest BCUT2D eigenvalue weighted by Gasteiger charge is -2.19. The monoisotopic (exact) mass is 299 g/mol. The Morgan fingerprint density at radius 1 is 1.19 bits per heavy atom. The molecule has 0 aromatic heterocycles. The van der Waals surface area contributed by atoms with Crippen LogP contribution in [-0.2, 0) is 14.3 Å². The third-order valence-electron chi connectivity index (χ3n) is 3.86. The Morgan fingerprint density at radius 3 is 2.57 bits per heavy atom. The minimum atomic E-state index is -0.204. The molecule has 0 aromatic rings. The zero-order chi connectivity index (χ0) is 15.5. The van der Waals surface area contributed by atoms with E-state index in [1.807, 2.05) is 6.92 Å². The van der Waals surface area contributed by atoms with Crippen molar-refractivity contribution in [2.24, 2.45) is 0 Å². The van der Waals surface area contributed by atoms with Gasteiger partial charge in [0.2, 0.25) is 0 Å². The largest absolute Gasteiger partial charge is 0.465 e. The summed E-state index contributed by atoms with van der Waals surface area (Å²) >= 11 is 0. The quantitative estimate of drug-likeness (QED) is 0.418. The van der Waals surface area contributed by atoms with Gasteiger partial charge in [-0.3, -0.25) is 4.79 Å². The molecular formula is C17H33NO3. The van der Waals surface area contributed by atoms with Gasteiger partial charge in [-0.2, -0.15) is 0 Å². The van der Waals surface area contributed by atoms with Crippen LogP contribution in [0.1, 0.15) is 72.1 Å². The van der Waals surface area contributed by atoms with Crippen molar-refractivity contribution >= 4 is 5.97 Å². The van der Waals surface area contributed by atoms with E-state index in [4.69, 9.17) is 9.47 Å². The molecule has 0 amide bonds. The lowest BCUT2D eigenvalue weighted by molar-refractivity contribution is -0.146. The molecule has 124 valence electrons. The zero-order valence-corrected chi connectivity index (χ0v) is 14.0. The second-order valence-corrected chi connectivity index (χ2v) is 6.06. The van der Waals surface area contributed by atoms with E-state index in [-0.39, 0.29) is 18.1 Å². The molecule has 0 bridgehead atoms. The number of carbonyl (C=O) groups excluding carboxylic acids is 1. The summed E-state index contributed by atoms with van der Waals surface area (Å²) in [5.41, 5.74) is 0. The van der Waals surface area contributed by atoms with E-state index in [1.165, 1.54) is 38.5 Å². The Bertz CT molecular complexity index is 279. The summed E-state index contributed by atoms with van der Waals surface area (Å²) in [6.45, 7) is 7.26. The molecule has 1 N–H and O–H groups in total. The smallest absolute Gasteiger partial charge is 0.323 e. The topological polar surface area (TPSA) is 47.6 Å². The zero-order valence-electron chi connectivity index (χ0n) is 14.0. The van der Waals surface area contributed by atoms with Crippen molar-refractivity contribution in [3.8, 4) is 0 Å². The van der Waals surface area contributed by atoms with Crippen molar-refractivity contribution in [3.05, 3.63) is 0 Å². The fourth-order valence-corrected chi connectivity index (χ4v) is 2.38. The van der Waals surface area contributed by atoms with Crippen LogP contribution in [0.2, 0.25) is 0 Å². The van der Waals surface area contributed by atoms with Gasteiger partial charge in [-0.25, -0.2) is 0 Å². The van der Waals surface area contributed by atoms with Crippen LogP contribution >= 0.6 is 0 Å². The average molecular weight is 299 g/mol. The molecule has 1 aliphatic rings. The first-order valence-corrected chi connectivity index (χ1v) is 8.71. The molecule has 0 saturated heterocycles. The van der Waals surface area contributed by atoms with Gasteiger partial charge in [0, 0.05) is 12.6 Å². The number of nitrogens with one attached hydrogen (secondary N) is 1. The fourth-order valence-electron chi connectivity index (χ4n) is 2.38. The highest BCUT2D eigenvalue weighted by molar-refractivity contribution is 5.75. The maximum absolute atomic E-state index is 11.9. The minimum Gasteiger partial charge on any atom is -0.465 e. The molecule has 21 heavy (non-hydrogen) atoms. The lowest BCUT2D eigenvalue weighted by Crippen LogP contribution is -2.40. The molecule has 1 rings (SSSR count). The molecule has 1 saturated carbocycles. The molecule has 0 spiro atoms. The summed E-state index contributed by atoms with van der Waals surface area (Å²) in [4.78, 5) is 11.9. The Labute approximate surface area is 130 Å². The minimum absolute atomic E-state index is 0.136. The van der Waals surface area contributed by atoms with Crippen molar-refractivity contribution in [2.45, 2.75) is 90.3 Å². The summed E-state index contributed by atoms with van der Waals surface area (Å²) in [5.74, 6) is -0.136. The van der Waals surface area contributed by atoms with E-state index in [1.54, 1.807) is 0 Å². The van der Waals surface area contributed by atoms with E-state index < -0.39 is 0 Å². The fraction of sp³-hybridized carbons (Fsp3) is 0.941. The number of ether oxygens (including phenoxy) is 2. The van der Waals surface area contributed by atoms with Crippen LogP contribution in [0.25, 0.3) is 0 Å². The maximum Gasteiger partial charge on any atom is 0.323 e. The Hall–Kier alpha value is -0.610. The molecule has 1 aliphatic carbocycles. The lowest BCUT2D eigenvalue weighted by atomic mass is 10.1. The van der Waals surface area contributed by atoms with Gasteiger partial charge in [-0.1, -0.05) is 32.6 Å². The molecule has 0 aliphatic heterocycles. The van der Waals surface area contributed by atoms with Gasteiger partial charge < -0.3 is 14.8 Å². The van der Waals surface area contributed by atoms with E-state index >= 15 is 0 Å². The van der Waals surface area contributed by atoms with Crippen molar-refractivity contribution in [3.63, 3.8) is 0 Å². The first kappa shape index (κ1) is 18.4. The number of esters is 1. The molecule has 0 heterocycles. The molecule has 0 radical (unpaired) electrons. The van der Waals surface area contributed by atoms with E-state index in [2.05, 4.69) is 19.2 Å². The van der Waals surface area contributed by atoms with Crippen LogP contribution in [0.4, 0.5) is 0 Å². The Morgan fingerprint density at radius 2 is 1.95 bits per heavy atom. The summed E-state index contributed by atoms with van der Waals surface area (Å²) in [7, 11) is 0. The molecule has 1 fully saturated rings. The highest BCUT2D eigenvalue weighted by atomic mass is 16.5. The SMILES string of the molecule is CCCCCCC(C)OCCC(NC1CC1)C(=O)OCC. The van der Waals surface area contributed by atoms with E-state index in [0.29, 0.717) is 25.7 Å². The van der Waals surface area contributed by atoms with Gasteiger partial charge >= 0.3 is 5.97 Å². The predicted molar refractivity (Wildman–Crippen MR) is 85.4 cm³/mol. The third kappa shape index (κ3) is 9.10. The number of carbonyl (C=O) groups is 1. The highest BCUT2D eigenvalue weighted by Crippen LogP contribution is 2.20. The van der Waals surface area contributed by atoms with Crippen LogP contribution < -0.4 is 5.32 Å². The third-order valence-corrected chi connectivity index (χ3v) is 3.86. The van der Waals surface area contributed by atoms with Crippen LogP contribution in [0, 0.1) is 0 Å². The number of hydrogen-bond acceptors (Lipinski definition) is 4. The Kier molecular flexibility index (Phi) is 9.68. The molecule has 2 unspecified atom stereocenters. The number of unbranched alkanes of at least 4 members (excludes halogenated alkanes) is 3. The normalized spacial score (nSPS) is 17.5. The second kappa shape index (κ2) is 11.0. The summed E-state index contributed by atoms with van der Waals surface area (Å²) < 4.78 is 11.0. The first-order chi connectivity index (χ1) is 10.2. The van der Waals surface area contributed by atoms with Crippen LogP contribution in [0.5, 0.6) is 0 Å². The van der Waals surface area contributed by atoms with Crippen molar-refractivity contribution in [2.75, 3.05) is 13.2 Å². The summed E-state index contributed by atoms with van der Waals surface area (Å²) in [6.07, 6.45) is 9.54. The van der Waals surface area contributed by atoms with Gasteiger partial charge in [-0.05, 0) is 39.5 Å². The molecule has 2 atom stereocenters. The van der Waals surface area contributed by atoms with Crippen molar-refractivity contribution in [1.29, 1.82) is 0 Å². The molecule has 0 aromatic carbocycles. The van der Waals surface area contributed by atoms with Gasteiger partial charge in [0.05, 0.1) is 12.7 Å². The van der Waals surface area contributed by atoms with Crippen LogP contribution in [0.3, 0.4) is 0 Å². The van der Waals surface area contributed by atoms with Gasteiger partial charge in [-0.15, -0.1) is 0 Å². The molecule has 4 nitrogen and oxygen atoms in total.